The van der Waals surface area contributed by atoms with Crippen molar-refractivity contribution >= 4 is 15.7 Å². The molecule has 1 aromatic carbocycles. The summed E-state index contributed by atoms with van der Waals surface area (Å²) >= 11 is 0. The second-order valence-electron chi connectivity index (χ2n) is 5.62. The molecular formula is C15H21N3O2S. The monoisotopic (exact) mass is 307 g/mol. The van der Waals surface area contributed by atoms with Crippen molar-refractivity contribution in [2.24, 2.45) is 0 Å². The molecule has 1 aliphatic rings. The third kappa shape index (κ3) is 2.89. The Bertz CT molecular complexity index is 674. The van der Waals surface area contributed by atoms with Gasteiger partial charge in [-0.25, -0.2) is 8.42 Å². The number of hydrogen-bond donors (Lipinski definition) is 1. The highest BCUT2D eigenvalue weighted by Crippen LogP contribution is 2.36. The van der Waals surface area contributed by atoms with Gasteiger partial charge in [0.25, 0.3) is 0 Å². The van der Waals surface area contributed by atoms with Crippen LogP contribution in [-0.4, -0.2) is 25.3 Å². The molecule has 0 unspecified atom stereocenters. The first-order valence-electron chi connectivity index (χ1n) is 7.05. The molecule has 21 heavy (non-hydrogen) atoms. The summed E-state index contributed by atoms with van der Waals surface area (Å²) in [4.78, 5) is 0.310. The lowest BCUT2D eigenvalue weighted by Crippen LogP contribution is -2.35. The molecule has 6 heteroatoms. The average molecular weight is 307 g/mol. The number of nitrogen functional groups attached to an aromatic ring is 1. The number of nitriles is 1. The molecule has 5 nitrogen and oxygen atoms in total. The van der Waals surface area contributed by atoms with Crippen molar-refractivity contribution in [1.29, 1.82) is 5.26 Å². The predicted octanol–water partition coefficient (Wildman–Crippen LogP) is 2.26. The van der Waals surface area contributed by atoms with Crippen LogP contribution < -0.4 is 5.73 Å². The maximum Gasteiger partial charge on any atom is 0.243 e. The topological polar surface area (TPSA) is 87.2 Å². The fraction of sp³-hybridized carbons (Fsp3) is 0.533. The number of rotatable bonds is 5. The van der Waals surface area contributed by atoms with Gasteiger partial charge in [-0.15, -0.1) is 0 Å². The van der Waals surface area contributed by atoms with Gasteiger partial charge in [-0.1, -0.05) is 0 Å². The Morgan fingerprint density at radius 3 is 2.48 bits per heavy atom. The fourth-order valence-electron chi connectivity index (χ4n) is 2.57. The molecule has 0 spiro atoms. The molecule has 114 valence electrons. The molecule has 1 aromatic rings. The first-order valence-corrected chi connectivity index (χ1v) is 8.49. The summed E-state index contributed by atoms with van der Waals surface area (Å²) in [5.74, 6) is 0. The third-order valence-corrected chi connectivity index (χ3v) is 6.27. The number of nitrogens with two attached hydrogens (primary N) is 1. The average Bonchev–Trinajstić information content (AvgIpc) is 3.21. The molecule has 0 aliphatic heterocycles. The molecule has 2 rings (SSSR count). The fourth-order valence-corrected chi connectivity index (χ4v) is 4.79. The molecule has 0 aromatic heterocycles. The van der Waals surface area contributed by atoms with Crippen LogP contribution in [0.4, 0.5) is 5.69 Å². The van der Waals surface area contributed by atoms with Gasteiger partial charge >= 0.3 is 0 Å². The second kappa shape index (κ2) is 5.66. The summed E-state index contributed by atoms with van der Waals surface area (Å²) < 4.78 is 27.5. The van der Waals surface area contributed by atoms with Crippen LogP contribution in [0.1, 0.15) is 36.0 Å². The predicted molar refractivity (Wildman–Crippen MR) is 82.2 cm³/mol. The van der Waals surface area contributed by atoms with E-state index in [1.807, 2.05) is 19.9 Å². The Morgan fingerprint density at radius 2 is 1.95 bits per heavy atom. The summed E-state index contributed by atoms with van der Waals surface area (Å²) in [6.45, 7) is 5.66. The van der Waals surface area contributed by atoms with E-state index in [1.165, 1.54) is 4.31 Å². The molecule has 0 atom stereocenters. The van der Waals surface area contributed by atoms with Gasteiger partial charge in [0, 0.05) is 24.7 Å². The molecule has 1 fully saturated rings. The number of aryl methyl sites for hydroxylation is 1. The van der Waals surface area contributed by atoms with Crippen LogP contribution >= 0.6 is 0 Å². The van der Waals surface area contributed by atoms with E-state index < -0.39 is 10.0 Å². The van der Waals surface area contributed by atoms with E-state index in [-0.39, 0.29) is 19.0 Å². The standard InChI is InChI=1S/C15H21N3O2S/c1-10-9-14(17)12(3)15(11(10)2)21(19,20)18(8-4-7-16)13-5-6-13/h9,13H,4-6,8,17H2,1-3H3. The molecular weight excluding hydrogens is 286 g/mol. The van der Waals surface area contributed by atoms with Crippen LogP contribution in [-0.2, 0) is 10.0 Å². The minimum atomic E-state index is -3.61. The third-order valence-electron chi connectivity index (χ3n) is 4.04. The zero-order valence-electron chi connectivity index (χ0n) is 12.7. The van der Waals surface area contributed by atoms with E-state index in [9.17, 15) is 8.42 Å². The van der Waals surface area contributed by atoms with Crippen molar-refractivity contribution in [3.05, 3.63) is 22.8 Å². The Morgan fingerprint density at radius 1 is 1.33 bits per heavy atom. The van der Waals surface area contributed by atoms with Gasteiger partial charge in [0.1, 0.15) is 0 Å². The summed E-state index contributed by atoms with van der Waals surface area (Å²) in [5, 5.41) is 8.76. The summed E-state index contributed by atoms with van der Waals surface area (Å²) in [7, 11) is -3.61. The van der Waals surface area contributed by atoms with Crippen molar-refractivity contribution in [1.82, 2.24) is 4.31 Å². The minimum absolute atomic E-state index is 0.0314. The SMILES string of the molecule is Cc1cc(N)c(C)c(S(=O)(=O)N(CCC#N)C2CC2)c1C. The van der Waals surface area contributed by atoms with Crippen LogP contribution in [0.2, 0.25) is 0 Å². The van der Waals surface area contributed by atoms with Gasteiger partial charge in [0.2, 0.25) is 10.0 Å². The van der Waals surface area contributed by atoms with Crippen molar-refractivity contribution in [2.45, 2.75) is 51.0 Å². The van der Waals surface area contributed by atoms with Gasteiger partial charge in [0.15, 0.2) is 0 Å². The van der Waals surface area contributed by atoms with E-state index in [0.717, 1.165) is 24.0 Å². The zero-order chi connectivity index (χ0) is 15.8. The van der Waals surface area contributed by atoms with E-state index in [0.29, 0.717) is 16.1 Å². The van der Waals surface area contributed by atoms with Gasteiger partial charge in [-0.3, -0.25) is 0 Å². The second-order valence-corrected chi connectivity index (χ2v) is 7.44. The summed E-state index contributed by atoms with van der Waals surface area (Å²) in [6, 6.07) is 3.86. The maximum atomic E-state index is 13.0. The lowest BCUT2D eigenvalue weighted by molar-refractivity contribution is 0.410. The van der Waals surface area contributed by atoms with Crippen LogP contribution in [0.3, 0.4) is 0 Å². The number of nitrogens with zero attached hydrogens (tertiary/aromatic N) is 2. The first kappa shape index (κ1) is 15.8. The minimum Gasteiger partial charge on any atom is -0.398 e. The molecule has 0 radical (unpaired) electrons. The Balaban J connectivity index is 2.55. The molecule has 0 heterocycles. The normalized spacial score (nSPS) is 15.2. The maximum absolute atomic E-state index is 13.0. The lowest BCUT2D eigenvalue weighted by atomic mass is 10.1. The van der Waals surface area contributed by atoms with Gasteiger partial charge in [0.05, 0.1) is 11.0 Å². The van der Waals surface area contributed by atoms with Crippen molar-refractivity contribution in [2.75, 3.05) is 12.3 Å². The Kier molecular flexibility index (Phi) is 4.26. The lowest BCUT2D eigenvalue weighted by Gasteiger charge is -2.24. The molecule has 0 amide bonds. The highest BCUT2D eigenvalue weighted by atomic mass is 32.2. The number of hydrogen-bond acceptors (Lipinski definition) is 4. The van der Waals surface area contributed by atoms with Crippen molar-refractivity contribution in [3.8, 4) is 6.07 Å². The molecule has 0 bridgehead atoms. The molecule has 1 aliphatic carbocycles. The van der Waals surface area contributed by atoms with Crippen LogP contribution in [0.15, 0.2) is 11.0 Å². The van der Waals surface area contributed by atoms with Crippen molar-refractivity contribution < 1.29 is 8.42 Å². The summed E-state index contributed by atoms with van der Waals surface area (Å²) in [5.41, 5.74) is 8.64. The van der Waals surface area contributed by atoms with Crippen LogP contribution in [0, 0.1) is 32.1 Å². The Labute approximate surface area is 126 Å². The van der Waals surface area contributed by atoms with Gasteiger partial charge < -0.3 is 5.73 Å². The number of benzene rings is 1. The zero-order valence-corrected chi connectivity index (χ0v) is 13.5. The highest BCUT2D eigenvalue weighted by Gasteiger charge is 2.39. The van der Waals surface area contributed by atoms with E-state index >= 15 is 0 Å². The van der Waals surface area contributed by atoms with E-state index in [2.05, 4.69) is 0 Å². The quantitative estimate of drug-likeness (QED) is 0.845. The smallest absolute Gasteiger partial charge is 0.243 e. The number of sulfonamides is 1. The van der Waals surface area contributed by atoms with Crippen molar-refractivity contribution in [3.63, 3.8) is 0 Å². The molecule has 1 saturated carbocycles. The first-order chi connectivity index (χ1) is 9.80. The van der Waals surface area contributed by atoms with E-state index in [1.54, 1.807) is 13.0 Å². The largest absolute Gasteiger partial charge is 0.398 e. The Hall–Kier alpha value is -1.58. The molecule has 2 N–H and O–H groups in total. The van der Waals surface area contributed by atoms with E-state index in [4.69, 9.17) is 11.0 Å². The van der Waals surface area contributed by atoms with Crippen LogP contribution in [0.5, 0.6) is 0 Å². The van der Waals surface area contributed by atoms with Gasteiger partial charge in [-0.05, 0) is 56.4 Å². The van der Waals surface area contributed by atoms with Gasteiger partial charge in [-0.2, -0.15) is 9.57 Å². The van der Waals surface area contributed by atoms with Crippen LogP contribution in [0.25, 0.3) is 0 Å². The molecule has 0 saturated heterocycles. The highest BCUT2D eigenvalue weighted by molar-refractivity contribution is 7.89. The number of anilines is 1. The summed E-state index contributed by atoms with van der Waals surface area (Å²) in [6.07, 6.45) is 1.93.